The molecule has 0 spiro atoms. The van der Waals surface area contributed by atoms with Gasteiger partial charge in [0.05, 0.1) is 17.9 Å². The van der Waals surface area contributed by atoms with Crippen LogP contribution < -0.4 is 10.1 Å². The van der Waals surface area contributed by atoms with E-state index in [1.807, 2.05) is 37.5 Å². The molecule has 0 bridgehead atoms. The van der Waals surface area contributed by atoms with Crippen LogP contribution >= 0.6 is 0 Å². The number of ether oxygens (including phenoxy) is 1. The van der Waals surface area contributed by atoms with E-state index in [1.54, 1.807) is 4.68 Å². The summed E-state index contributed by atoms with van der Waals surface area (Å²) in [4.78, 5) is 23.3. The quantitative estimate of drug-likeness (QED) is 0.628. The first-order chi connectivity index (χ1) is 14.0. The summed E-state index contributed by atoms with van der Waals surface area (Å²) >= 11 is 0. The van der Waals surface area contributed by atoms with Gasteiger partial charge in [-0.1, -0.05) is 31.4 Å². The van der Waals surface area contributed by atoms with Crippen molar-refractivity contribution < 1.29 is 19.4 Å². The van der Waals surface area contributed by atoms with Gasteiger partial charge in [0.15, 0.2) is 0 Å². The molecule has 7 nitrogen and oxygen atoms in total. The summed E-state index contributed by atoms with van der Waals surface area (Å²) in [5.41, 5.74) is 2.58. The van der Waals surface area contributed by atoms with Crippen molar-refractivity contribution >= 4 is 11.9 Å². The number of amides is 1. The largest absolute Gasteiger partial charge is 0.494 e. The minimum atomic E-state index is -0.819. The van der Waals surface area contributed by atoms with Crippen molar-refractivity contribution in [3.05, 3.63) is 47.3 Å². The molecule has 1 saturated carbocycles. The Kier molecular flexibility index (Phi) is 7.27. The molecule has 1 aromatic carbocycles. The molecule has 1 fully saturated rings. The second-order valence-electron chi connectivity index (χ2n) is 7.61. The summed E-state index contributed by atoms with van der Waals surface area (Å²) in [5.74, 6) is 0.160. The normalized spacial score (nSPS) is 14.5. The van der Waals surface area contributed by atoms with E-state index in [1.165, 1.54) is 19.3 Å². The monoisotopic (exact) mass is 399 g/mol. The standard InChI is InChI=1S/C22H29N3O4/c1-25-15-19(21(24-25)17-6-3-2-4-7-17)22(28)23-14-16-9-11-18(12-10-16)29-13-5-8-20(26)27/h9-12,15,17H,2-8,13-14H2,1H3,(H,23,28)(H,26,27). The average molecular weight is 399 g/mol. The maximum atomic E-state index is 12.8. The summed E-state index contributed by atoms with van der Waals surface area (Å²) in [7, 11) is 1.86. The summed E-state index contributed by atoms with van der Waals surface area (Å²) in [6.07, 6.45) is 8.26. The molecule has 1 aliphatic rings. The number of aliphatic carboxylic acids is 1. The Labute approximate surface area is 171 Å². The molecule has 0 saturated heterocycles. The van der Waals surface area contributed by atoms with Crippen molar-refractivity contribution in [2.45, 2.75) is 57.4 Å². The second kappa shape index (κ2) is 10.1. The lowest BCUT2D eigenvalue weighted by Gasteiger charge is -2.20. The number of aromatic nitrogens is 2. The Bertz CT molecular complexity index is 823. The molecule has 1 aromatic heterocycles. The molecule has 0 atom stereocenters. The van der Waals surface area contributed by atoms with E-state index in [0.29, 0.717) is 36.8 Å². The van der Waals surface area contributed by atoms with Crippen molar-refractivity contribution in [1.82, 2.24) is 15.1 Å². The first-order valence-corrected chi connectivity index (χ1v) is 10.3. The van der Waals surface area contributed by atoms with Crippen LogP contribution in [0.4, 0.5) is 0 Å². The summed E-state index contributed by atoms with van der Waals surface area (Å²) < 4.78 is 7.26. The molecule has 29 heavy (non-hydrogen) atoms. The summed E-state index contributed by atoms with van der Waals surface area (Å²) in [5, 5.41) is 16.2. The van der Waals surface area contributed by atoms with Gasteiger partial charge in [-0.15, -0.1) is 0 Å². The Morgan fingerprint density at radius 2 is 1.93 bits per heavy atom. The number of aryl methyl sites for hydroxylation is 1. The Morgan fingerprint density at radius 3 is 2.62 bits per heavy atom. The second-order valence-corrected chi connectivity index (χ2v) is 7.61. The van der Waals surface area contributed by atoms with Crippen LogP contribution in [0.3, 0.4) is 0 Å². The first-order valence-electron chi connectivity index (χ1n) is 10.3. The highest BCUT2D eigenvalue weighted by Gasteiger charge is 2.24. The predicted molar refractivity (Wildman–Crippen MR) is 109 cm³/mol. The molecule has 7 heteroatoms. The zero-order chi connectivity index (χ0) is 20.6. The number of hydrogen-bond donors (Lipinski definition) is 2. The molecule has 3 rings (SSSR count). The highest BCUT2D eigenvalue weighted by atomic mass is 16.5. The molecular weight excluding hydrogens is 370 g/mol. The van der Waals surface area contributed by atoms with Crippen LogP contribution in [0.15, 0.2) is 30.5 Å². The van der Waals surface area contributed by atoms with Gasteiger partial charge in [-0.3, -0.25) is 14.3 Å². The van der Waals surface area contributed by atoms with Gasteiger partial charge in [-0.05, 0) is 37.0 Å². The van der Waals surface area contributed by atoms with E-state index in [-0.39, 0.29) is 12.3 Å². The van der Waals surface area contributed by atoms with Gasteiger partial charge in [-0.25, -0.2) is 0 Å². The number of carbonyl (C=O) groups excluding carboxylic acids is 1. The van der Waals surface area contributed by atoms with Crippen LogP contribution in [0.25, 0.3) is 0 Å². The first kappa shape index (κ1) is 20.9. The number of rotatable bonds is 9. The van der Waals surface area contributed by atoms with Crippen LogP contribution in [0.2, 0.25) is 0 Å². The molecule has 1 aliphatic carbocycles. The van der Waals surface area contributed by atoms with E-state index >= 15 is 0 Å². The van der Waals surface area contributed by atoms with Crippen LogP contribution in [0.1, 0.15) is 72.5 Å². The van der Waals surface area contributed by atoms with E-state index in [4.69, 9.17) is 9.84 Å². The molecule has 1 amide bonds. The van der Waals surface area contributed by atoms with E-state index < -0.39 is 5.97 Å². The number of carboxylic acids is 1. The Morgan fingerprint density at radius 1 is 1.21 bits per heavy atom. The highest BCUT2D eigenvalue weighted by Crippen LogP contribution is 2.33. The van der Waals surface area contributed by atoms with Crippen molar-refractivity contribution in [3.63, 3.8) is 0 Å². The maximum absolute atomic E-state index is 12.8. The van der Waals surface area contributed by atoms with Crippen LogP contribution in [-0.2, 0) is 18.4 Å². The smallest absolute Gasteiger partial charge is 0.303 e. The minimum absolute atomic E-state index is 0.0901. The van der Waals surface area contributed by atoms with Gasteiger partial charge in [0.2, 0.25) is 0 Å². The van der Waals surface area contributed by atoms with Crippen LogP contribution in [0, 0.1) is 0 Å². The van der Waals surface area contributed by atoms with Crippen LogP contribution in [-0.4, -0.2) is 33.4 Å². The van der Waals surface area contributed by atoms with Crippen LogP contribution in [0.5, 0.6) is 5.75 Å². The molecule has 2 aromatic rings. The zero-order valence-electron chi connectivity index (χ0n) is 16.9. The maximum Gasteiger partial charge on any atom is 0.303 e. The fourth-order valence-corrected chi connectivity index (χ4v) is 3.75. The van der Waals surface area contributed by atoms with Gasteiger partial charge in [0.1, 0.15) is 5.75 Å². The molecule has 1 heterocycles. The van der Waals surface area contributed by atoms with Crippen molar-refractivity contribution in [2.24, 2.45) is 7.05 Å². The van der Waals surface area contributed by atoms with Gasteiger partial charge >= 0.3 is 5.97 Å². The summed E-state index contributed by atoms with van der Waals surface area (Å²) in [6.45, 7) is 0.796. The number of carbonyl (C=O) groups is 2. The fourth-order valence-electron chi connectivity index (χ4n) is 3.75. The number of nitrogens with one attached hydrogen (secondary N) is 1. The van der Waals surface area contributed by atoms with Crippen molar-refractivity contribution in [1.29, 1.82) is 0 Å². The fraction of sp³-hybridized carbons (Fsp3) is 0.500. The summed E-state index contributed by atoms with van der Waals surface area (Å²) in [6, 6.07) is 7.47. The average Bonchev–Trinajstić information content (AvgIpc) is 3.12. The molecular formula is C22H29N3O4. The molecule has 2 N–H and O–H groups in total. The minimum Gasteiger partial charge on any atom is -0.494 e. The SMILES string of the molecule is Cn1cc(C(=O)NCc2ccc(OCCCC(=O)O)cc2)c(C2CCCCC2)n1. The number of carboxylic acid groups (broad SMARTS) is 1. The predicted octanol–water partition coefficient (Wildman–Crippen LogP) is 3.64. The van der Waals surface area contributed by atoms with Crippen molar-refractivity contribution in [3.8, 4) is 5.75 Å². The highest BCUT2D eigenvalue weighted by molar-refractivity contribution is 5.95. The van der Waals surface area contributed by atoms with Gasteiger partial charge in [0, 0.05) is 32.1 Å². The molecule has 0 radical (unpaired) electrons. The number of nitrogens with zero attached hydrogens (tertiary/aromatic N) is 2. The number of benzene rings is 1. The van der Waals surface area contributed by atoms with Gasteiger partial charge in [-0.2, -0.15) is 5.10 Å². The molecule has 0 aliphatic heterocycles. The van der Waals surface area contributed by atoms with Gasteiger partial charge in [0.25, 0.3) is 5.91 Å². The third kappa shape index (κ3) is 6.07. The Hall–Kier alpha value is -2.83. The van der Waals surface area contributed by atoms with E-state index in [9.17, 15) is 9.59 Å². The lowest BCUT2D eigenvalue weighted by Crippen LogP contribution is -2.24. The lowest BCUT2D eigenvalue weighted by molar-refractivity contribution is -0.137. The lowest BCUT2D eigenvalue weighted by atomic mass is 9.85. The molecule has 156 valence electrons. The van der Waals surface area contributed by atoms with E-state index in [2.05, 4.69) is 10.4 Å². The third-order valence-corrected chi connectivity index (χ3v) is 5.27. The molecule has 0 unspecified atom stereocenters. The van der Waals surface area contributed by atoms with E-state index in [0.717, 1.165) is 24.1 Å². The van der Waals surface area contributed by atoms with Crippen molar-refractivity contribution in [2.75, 3.05) is 6.61 Å². The third-order valence-electron chi connectivity index (χ3n) is 5.27. The zero-order valence-corrected chi connectivity index (χ0v) is 16.9. The number of hydrogen-bond acceptors (Lipinski definition) is 4. The topological polar surface area (TPSA) is 93.5 Å². The Balaban J connectivity index is 1.52. The van der Waals surface area contributed by atoms with Gasteiger partial charge < -0.3 is 15.2 Å².